The fraction of sp³-hybridized carbons (Fsp3) is 0.500. The lowest BCUT2D eigenvalue weighted by Crippen LogP contribution is -2.82. The predicted molar refractivity (Wildman–Crippen MR) is 74.0 cm³/mol. The minimum absolute atomic E-state index is 0.401. The van der Waals surface area contributed by atoms with E-state index in [1.54, 1.807) is 0 Å². The van der Waals surface area contributed by atoms with E-state index in [-0.39, 0.29) is 0 Å². The molecule has 1 aliphatic rings. The predicted octanol–water partition coefficient (Wildman–Crippen LogP) is 1.49. The van der Waals surface area contributed by atoms with E-state index in [2.05, 4.69) is 4.99 Å². The number of hydrogen-bond donors (Lipinski definition) is 2. The zero-order chi connectivity index (χ0) is 12.8. The Labute approximate surface area is 113 Å². The van der Waals surface area contributed by atoms with E-state index in [1.807, 2.05) is 24.3 Å². The lowest BCUT2D eigenvalue weighted by Gasteiger charge is -2.16. The summed E-state index contributed by atoms with van der Waals surface area (Å²) in [5.74, 6) is 1.49. The van der Waals surface area contributed by atoms with E-state index >= 15 is 0 Å². The number of hydrogen-bond acceptors (Lipinski definition) is 1. The van der Waals surface area contributed by atoms with Crippen LogP contribution in [-0.4, -0.2) is 18.5 Å². The molecule has 1 aromatic rings. The topological polar surface area (TPSA) is 49.2 Å². The molecule has 0 radical (unpaired) electrons. The molecule has 0 unspecified atom stereocenters. The summed E-state index contributed by atoms with van der Waals surface area (Å²) in [6, 6.07) is 7.82. The number of amidine groups is 1. The maximum atomic E-state index is 5.94. The van der Waals surface area contributed by atoms with Gasteiger partial charge in [0, 0.05) is 5.02 Å². The van der Waals surface area contributed by atoms with Crippen molar-refractivity contribution in [3.63, 3.8) is 0 Å². The molecule has 0 aliphatic heterocycles. The molecule has 0 aromatic heterocycles. The molecule has 3 N–H and O–H groups in total. The van der Waals surface area contributed by atoms with Gasteiger partial charge in [-0.25, -0.2) is 0 Å². The summed E-state index contributed by atoms with van der Waals surface area (Å²) in [7, 11) is 0. The molecule has 18 heavy (non-hydrogen) atoms. The highest BCUT2D eigenvalue weighted by Gasteiger charge is 2.15. The Bertz CT molecular complexity index is 397. The average Bonchev–Trinajstić information content (AvgIpc) is 2.39. The Morgan fingerprint density at radius 2 is 1.89 bits per heavy atom. The largest absolute Gasteiger partial charge is 0.481 e. The number of rotatable bonds is 4. The second-order valence-electron chi connectivity index (χ2n) is 4.75. The van der Waals surface area contributed by atoms with Crippen molar-refractivity contribution in [2.45, 2.75) is 38.1 Å². The van der Waals surface area contributed by atoms with Crippen molar-refractivity contribution in [1.29, 1.82) is 0 Å². The minimum atomic E-state index is 0.401. The zero-order valence-electron chi connectivity index (χ0n) is 10.5. The third-order valence-electron chi connectivity index (χ3n) is 3.20. The van der Waals surface area contributed by atoms with Gasteiger partial charge in [0.05, 0.1) is 6.04 Å². The third kappa shape index (κ3) is 4.22. The Balaban J connectivity index is 1.81. The summed E-state index contributed by atoms with van der Waals surface area (Å²) >= 11 is 5.81. The molecule has 0 amide bonds. The quantitative estimate of drug-likeness (QED) is 0.642. The lowest BCUT2D eigenvalue weighted by molar-refractivity contribution is -0.509. The van der Waals surface area contributed by atoms with Gasteiger partial charge >= 0.3 is 0 Å². The van der Waals surface area contributed by atoms with Crippen molar-refractivity contribution >= 4 is 17.4 Å². The molecule has 0 bridgehead atoms. The molecule has 1 aromatic carbocycles. The smallest absolute Gasteiger partial charge is 0.279 e. The van der Waals surface area contributed by atoms with E-state index in [1.165, 1.54) is 32.1 Å². The van der Waals surface area contributed by atoms with Gasteiger partial charge in [-0.1, -0.05) is 18.0 Å². The summed E-state index contributed by atoms with van der Waals surface area (Å²) < 4.78 is 5.58. The van der Waals surface area contributed by atoms with Gasteiger partial charge < -0.3 is 4.74 Å². The van der Waals surface area contributed by atoms with Gasteiger partial charge in [0.25, 0.3) is 5.84 Å². The maximum Gasteiger partial charge on any atom is 0.279 e. The summed E-state index contributed by atoms with van der Waals surface area (Å²) in [6.45, 7) is 0.401. The minimum Gasteiger partial charge on any atom is -0.481 e. The van der Waals surface area contributed by atoms with Gasteiger partial charge in [-0.15, -0.1) is 0 Å². The fourth-order valence-electron chi connectivity index (χ4n) is 2.24. The first kappa shape index (κ1) is 13.2. The maximum absolute atomic E-state index is 5.94. The molecule has 0 saturated heterocycles. The Hall–Kier alpha value is -1.22. The first-order valence-corrected chi connectivity index (χ1v) is 6.88. The molecule has 4 heteroatoms. The molecule has 98 valence electrons. The van der Waals surface area contributed by atoms with Gasteiger partial charge in [0.15, 0.2) is 6.61 Å². The van der Waals surface area contributed by atoms with Crippen molar-refractivity contribution in [2.24, 2.45) is 5.73 Å². The summed E-state index contributed by atoms with van der Waals surface area (Å²) in [6.07, 6.45) is 6.36. The van der Waals surface area contributed by atoms with E-state index in [4.69, 9.17) is 22.1 Å². The highest BCUT2D eigenvalue weighted by Crippen LogP contribution is 2.15. The summed E-state index contributed by atoms with van der Waals surface area (Å²) in [5.41, 5.74) is 5.94. The van der Waals surface area contributed by atoms with Gasteiger partial charge in [-0.3, -0.25) is 10.7 Å². The molecule has 0 heterocycles. The van der Waals surface area contributed by atoms with Gasteiger partial charge in [0.1, 0.15) is 5.75 Å². The van der Waals surface area contributed by atoms with Crippen molar-refractivity contribution < 1.29 is 9.73 Å². The van der Waals surface area contributed by atoms with Crippen LogP contribution in [0.5, 0.6) is 5.75 Å². The molecule has 1 fully saturated rings. The van der Waals surface area contributed by atoms with Crippen LogP contribution in [0.15, 0.2) is 24.3 Å². The Morgan fingerprint density at radius 1 is 1.22 bits per heavy atom. The normalized spacial score (nSPS) is 17.7. The van der Waals surface area contributed by atoms with Crippen LogP contribution < -0.4 is 15.5 Å². The van der Waals surface area contributed by atoms with Crippen molar-refractivity contribution in [3.8, 4) is 5.75 Å². The molecule has 0 atom stereocenters. The van der Waals surface area contributed by atoms with Crippen LogP contribution in [-0.2, 0) is 0 Å². The molecule has 1 saturated carbocycles. The number of nitrogens with two attached hydrogens (primary N) is 1. The second kappa shape index (κ2) is 6.64. The molecular weight excluding hydrogens is 248 g/mol. The Kier molecular flexibility index (Phi) is 4.88. The molecule has 1 aliphatic carbocycles. The van der Waals surface area contributed by atoms with Crippen molar-refractivity contribution in [1.82, 2.24) is 0 Å². The lowest BCUT2D eigenvalue weighted by atomic mass is 9.96. The number of nitrogens with one attached hydrogen (secondary N) is 1. The number of benzene rings is 1. The summed E-state index contributed by atoms with van der Waals surface area (Å²) in [5, 5.41) is 0.708. The van der Waals surface area contributed by atoms with Gasteiger partial charge in [0.2, 0.25) is 0 Å². The van der Waals surface area contributed by atoms with Crippen LogP contribution in [0.25, 0.3) is 0 Å². The van der Waals surface area contributed by atoms with E-state index in [0.29, 0.717) is 23.5 Å². The monoisotopic (exact) mass is 267 g/mol. The van der Waals surface area contributed by atoms with E-state index < -0.39 is 0 Å². The summed E-state index contributed by atoms with van der Waals surface area (Å²) in [4.78, 5) is 3.34. The molecule has 0 spiro atoms. The fourth-order valence-corrected chi connectivity index (χ4v) is 2.37. The van der Waals surface area contributed by atoms with Crippen LogP contribution in [0, 0.1) is 0 Å². The van der Waals surface area contributed by atoms with Gasteiger partial charge in [-0.05, 0) is 49.9 Å². The van der Waals surface area contributed by atoms with Crippen LogP contribution in [0.1, 0.15) is 32.1 Å². The second-order valence-corrected chi connectivity index (χ2v) is 5.18. The first-order chi connectivity index (χ1) is 8.74. The molecule has 2 rings (SSSR count). The number of halogens is 1. The number of ether oxygens (including phenoxy) is 1. The first-order valence-electron chi connectivity index (χ1n) is 6.50. The standard InChI is InChI=1S/C14H19ClN2O/c15-11-6-8-13(9-7-11)18-10-14(16)17-12-4-2-1-3-5-12/h6-9,12H,1-5,10H2,(H2,16,17)/p+1. The highest BCUT2D eigenvalue weighted by molar-refractivity contribution is 6.30. The van der Waals surface area contributed by atoms with Crippen LogP contribution in [0.4, 0.5) is 0 Å². The van der Waals surface area contributed by atoms with Gasteiger partial charge in [-0.2, -0.15) is 0 Å². The van der Waals surface area contributed by atoms with Crippen LogP contribution in [0.2, 0.25) is 5.02 Å². The van der Waals surface area contributed by atoms with Crippen molar-refractivity contribution in [3.05, 3.63) is 29.3 Å². The zero-order valence-corrected chi connectivity index (χ0v) is 11.2. The van der Waals surface area contributed by atoms with Crippen molar-refractivity contribution in [2.75, 3.05) is 6.61 Å². The van der Waals surface area contributed by atoms with E-state index in [9.17, 15) is 0 Å². The SMILES string of the molecule is NC(COc1ccc(Cl)cc1)=[NH+]C1CCCCC1. The average molecular weight is 268 g/mol. The highest BCUT2D eigenvalue weighted by atomic mass is 35.5. The van der Waals surface area contributed by atoms with Crippen LogP contribution >= 0.6 is 11.6 Å². The van der Waals surface area contributed by atoms with E-state index in [0.717, 1.165) is 5.75 Å². The molecule has 3 nitrogen and oxygen atoms in total. The third-order valence-corrected chi connectivity index (χ3v) is 3.45. The molecular formula is C14H20ClN2O+. The Morgan fingerprint density at radius 3 is 2.56 bits per heavy atom. The van der Waals surface area contributed by atoms with Crippen LogP contribution in [0.3, 0.4) is 0 Å².